The first kappa shape index (κ1) is 14.9. The first-order valence-electron chi connectivity index (χ1n) is 7.25. The number of carbonyl (C=O) groups excluding carboxylic acids is 1. The number of benzene rings is 3. The molecule has 0 heterocycles. The Hall–Kier alpha value is -3.07. The summed E-state index contributed by atoms with van der Waals surface area (Å²) in [6, 6.07) is 18.5. The lowest BCUT2D eigenvalue weighted by Crippen LogP contribution is -1.94. The van der Waals surface area contributed by atoms with E-state index in [1.54, 1.807) is 24.3 Å². The van der Waals surface area contributed by atoms with Gasteiger partial charge in [-0.1, -0.05) is 48.5 Å². The van der Waals surface area contributed by atoms with Crippen molar-refractivity contribution in [1.82, 2.24) is 0 Å². The average molecular weight is 304 g/mol. The maximum Gasteiger partial charge on any atom is 0.185 e. The Labute approximate surface area is 134 Å². The van der Waals surface area contributed by atoms with Crippen molar-refractivity contribution in [3.05, 3.63) is 77.9 Å². The summed E-state index contributed by atoms with van der Waals surface area (Å²) in [6.45, 7) is 0. The van der Waals surface area contributed by atoms with Crippen molar-refractivity contribution in [3.8, 4) is 11.5 Å². The molecule has 3 heteroatoms. The Balaban J connectivity index is 1.85. The van der Waals surface area contributed by atoms with Crippen LogP contribution in [0.3, 0.4) is 0 Å². The Bertz CT molecular complexity index is 894. The fourth-order valence-electron chi connectivity index (χ4n) is 2.41. The van der Waals surface area contributed by atoms with Crippen LogP contribution in [0.4, 0.5) is 0 Å². The van der Waals surface area contributed by atoms with Crippen LogP contribution in [0.5, 0.6) is 11.5 Å². The molecule has 0 aliphatic heterocycles. The highest BCUT2D eigenvalue weighted by atomic mass is 16.5. The number of methoxy groups -OCH3 is 1. The molecule has 0 fully saturated rings. The second-order valence-electron chi connectivity index (χ2n) is 5.19. The summed E-state index contributed by atoms with van der Waals surface area (Å²) in [5.41, 5.74) is 1.43. The molecule has 23 heavy (non-hydrogen) atoms. The van der Waals surface area contributed by atoms with Crippen LogP contribution in [0.2, 0.25) is 0 Å². The number of carbonyl (C=O) groups is 1. The summed E-state index contributed by atoms with van der Waals surface area (Å²) in [4.78, 5) is 12.3. The number of hydrogen-bond donors (Lipinski definition) is 1. The molecule has 0 spiro atoms. The molecule has 3 rings (SSSR count). The highest BCUT2D eigenvalue weighted by molar-refractivity contribution is 6.08. The van der Waals surface area contributed by atoms with Gasteiger partial charge in [0.25, 0.3) is 0 Å². The number of ketones is 1. The van der Waals surface area contributed by atoms with E-state index in [1.807, 2.05) is 42.5 Å². The van der Waals surface area contributed by atoms with E-state index >= 15 is 0 Å². The highest BCUT2D eigenvalue weighted by Crippen LogP contribution is 2.26. The van der Waals surface area contributed by atoms with Crippen molar-refractivity contribution < 1.29 is 14.6 Å². The number of rotatable bonds is 4. The molecule has 1 N–H and O–H groups in total. The molecule has 0 aliphatic carbocycles. The number of aromatic hydroxyl groups is 1. The normalized spacial score (nSPS) is 11.0. The molecule has 0 bridgehead atoms. The molecule has 0 aliphatic rings. The maximum atomic E-state index is 12.3. The van der Waals surface area contributed by atoms with Crippen molar-refractivity contribution >= 4 is 22.6 Å². The van der Waals surface area contributed by atoms with E-state index in [-0.39, 0.29) is 11.5 Å². The molecule has 0 saturated carbocycles. The largest absolute Gasteiger partial charge is 0.504 e. The minimum absolute atomic E-state index is 0.0669. The van der Waals surface area contributed by atoms with Gasteiger partial charge in [0, 0.05) is 5.56 Å². The van der Waals surface area contributed by atoms with Crippen LogP contribution in [0.25, 0.3) is 16.8 Å². The standard InChI is InChI=1S/C20H16O3/c1-23-20-12-14(7-11-19(20)22)6-10-18(21)17-9-8-15-4-2-3-5-16(15)13-17/h2-13,22H,1H3/b10-6+. The zero-order valence-electron chi connectivity index (χ0n) is 12.7. The molecular formula is C20H16O3. The molecule has 114 valence electrons. The molecule has 0 saturated heterocycles. The van der Waals surface area contributed by atoms with Gasteiger partial charge in [0.15, 0.2) is 17.3 Å². The van der Waals surface area contributed by atoms with Gasteiger partial charge in [0.2, 0.25) is 0 Å². The number of ether oxygens (including phenoxy) is 1. The lowest BCUT2D eigenvalue weighted by Gasteiger charge is -2.03. The SMILES string of the molecule is COc1cc(/C=C/C(=O)c2ccc3ccccc3c2)ccc1O. The van der Waals surface area contributed by atoms with Crippen LogP contribution in [-0.4, -0.2) is 18.0 Å². The Morgan fingerprint density at radius 1 is 1.00 bits per heavy atom. The Kier molecular flexibility index (Phi) is 4.11. The van der Waals surface area contributed by atoms with Crippen molar-refractivity contribution in [3.63, 3.8) is 0 Å². The summed E-state index contributed by atoms with van der Waals surface area (Å²) in [5.74, 6) is 0.388. The third-order valence-corrected chi connectivity index (χ3v) is 3.66. The number of fused-ring (bicyclic) bond motifs is 1. The first-order valence-corrected chi connectivity index (χ1v) is 7.25. The van der Waals surface area contributed by atoms with Gasteiger partial charge < -0.3 is 9.84 Å². The summed E-state index contributed by atoms with van der Waals surface area (Å²) in [5, 5.41) is 11.7. The minimum atomic E-state index is -0.0669. The number of allylic oxidation sites excluding steroid dienone is 1. The van der Waals surface area contributed by atoms with E-state index in [2.05, 4.69) is 0 Å². The average Bonchev–Trinajstić information content (AvgIpc) is 2.60. The van der Waals surface area contributed by atoms with Gasteiger partial charge in [-0.05, 0) is 40.6 Å². The van der Waals surface area contributed by atoms with Crippen LogP contribution in [-0.2, 0) is 0 Å². The lowest BCUT2D eigenvalue weighted by molar-refractivity contribution is 0.104. The van der Waals surface area contributed by atoms with Crippen LogP contribution >= 0.6 is 0 Å². The minimum Gasteiger partial charge on any atom is -0.504 e. The van der Waals surface area contributed by atoms with Crippen LogP contribution < -0.4 is 4.74 Å². The van der Waals surface area contributed by atoms with Gasteiger partial charge in [-0.25, -0.2) is 0 Å². The van der Waals surface area contributed by atoms with Gasteiger partial charge in [-0.15, -0.1) is 0 Å². The van der Waals surface area contributed by atoms with Crippen LogP contribution in [0, 0.1) is 0 Å². The monoisotopic (exact) mass is 304 g/mol. The second-order valence-corrected chi connectivity index (χ2v) is 5.19. The molecule has 3 aromatic rings. The van der Waals surface area contributed by atoms with E-state index in [9.17, 15) is 9.90 Å². The third-order valence-electron chi connectivity index (χ3n) is 3.66. The predicted molar refractivity (Wildman–Crippen MR) is 92.0 cm³/mol. The molecular weight excluding hydrogens is 288 g/mol. The Morgan fingerprint density at radius 2 is 1.78 bits per heavy atom. The lowest BCUT2D eigenvalue weighted by atomic mass is 10.0. The predicted octanol–water partition coefficient (Wildman–Crippen LogP) is 4.45. The van der Waals surface area contributed by atoms with Crippen LogP contribution in [0.15, 0.2) is 66.7 Å². The number of phenols is 1. The molecule has 3 nitrogen and oxygen atoms in total. The van der Waals surface area contributed by atoms with Crippen LogP contribution in [0.1, 0.15) is 15.9 Å². The van der Waals surface area contributed by atoms with E-state index < -0.39 is 0 Å². The fourth-order valence-corrected chi connectivity index (χ4v) is 2.41. The van der Waals surface area contributed by atoms with Crippen molar-refractivity contribution in [2.24, 2.45) is 0 Å². The first-order chi connectivity index (χ1) is 11.2. The van der Waals surface area contributed by atoms with Gasteiger partial charge in [-0.3, -0.25) is 4.79 Å². The number of phenolic OH excluding ortho intramolecular Hbond substituents is 1. The highest BCUT2D eigenvalue weighted by Gasteiger charge is 2.04. The van der Waals surface area contributed by atoms with Crippen molar-refractivity contribution in [1.29, 1.82) is 0 Å². The smallest absolute Gasteiger partial charge is 0.185 e. The van der Waals surface area contributed by atoms with Crippen molar-refractivity contribution in [2.45, 2.75) is 0 Å². The molecule has 0 aromatic heterocycles. The van der Waals surface area contributed by atoms with Gasteiger partial charge in [0.05, 0.1) is 7.11 Å². The molecule has 3 aromatic carbocycles. The third kappa shape index (κ3) is 3.24. The summed E-state index contributed by atoms with van der Waals surface area (Å²) >= 11 is 0. The number of hydrogen-bond acceptors (Lipinski definition) is 3. The zero-order valence-corrected chi connectivity index (χ0v) is 12.7. The van der Waals surface area contributed by atoms with Gasteiger partial charge >= 0.3 is 0 Å². The molecule has 0 amide bonds. The summed E-state index contributed by atoms with van der Waals surface area (Å²) in [7, 11) is 1.49. The van der Waals surface area contributed by atoms with Gasteiger partial charge in [0.1, 0.15) is 0 Å². The summed E-state index contributed by atoms with van der Waals surface area (Å²) < 4.78 is 5.06. The summed E-state index contributed by atoms with van der Waals surface area (Å²) in [6.07, 6.45) is 3.23. The van der Waals surface area contributed by atoms with E-state index in [1.165, 1.54) is 13.2 Å². The fraction of sp³-hybridized carbons (Fsp3) is 0.0500. The second kappa shape index (κ2) is 6.36. The van der Waals surface area contributed by atoms with E-state index in [4.69, 9.17) is 4.74 Å². The van der Waals surface area contributed by atoms with E-state index in [0.717, 1.165) is 16.3 Å². The van der Waals surface area contributed by atoms with E-state index in [0.29, 0.717) is 11.3 Å². The maximum absolute atomic E-state index is 12.3. The van der Waals surface area contributed by atoms with Gasteiger partial charge in [-0.2, -0.15) is 0 Å². The zero-order chi connectivity index (χ0) is 16.2. The Morgan fingerprint density at radius 3 is 2.57 bits per heavy atom. The molecule has 0 atom stereocenters. The van der Waals surface area contributed by atoms with Crippen molar-refractivity contribution in [2.75, 3.05) is 7.11 Å². The molecule has 0 unspecified atom stereocenters. The quantitative estimate of drug-likeness (QED) is 0.572. The molecule has 0 radical (unpaired) electrons. The topological polar surface area (TPSA) is 46.5 Å².